The van der Waals surface area contributed by atoms with Crippen molar-refractivity contribution in [3.8, 4) is 0 Å². The Morgan fingerprint density at radius 2 is 1.67 bits per heavy atom. The van der Waals surface area contributed by atoms with Crippen LogP contribution in [0, 0.1) is 17.5 Å². The summed E-state index contributed by atoms with van der Waals surface area (Å²) >= 11 is 0. The van der Waals surface area contributed by atoms with Crippen molar-refractivity contribution in [3.63, 3.8) is 0 Å². The molecule has 0 unspecified atom stereocenters. The van der Waals surface area contributed by atoms with E-state index in [0.29, 0.717) is 12.1 Å². The van der Waals surface area contributed by atoms with E-state index in [2.05, 4.69) is 10.2 Å². The number of nitrogens with two attached hydrogens (primary N) is 1. The number of aromatic nitrogens is 3. The molecule has 0 saturated heterocycles. The zero-order valence-electron chi connectivity index (χ0n) is 16.4. The molecule has 1 atom stereocenters. The summed E-state index contributed by atoms with van der Waals surface area (Å²) < 4.78 is 111. The average molecular weight is 505 g/mol. The lowest BCUT2D eigenvalue weighted by molar-refractivity contribution is -0.148. The van der Waals surface area contributed by atoms with Gasteiger partial charge in [0.05, 0.1) is 6.54 Å². The van der Waals surface area contributed by atoms with Crippen LogP contribution in [0.25, 0.3) is 0 Å². The number of hydrogen-bond acceptors (Lipinski definition) is 6. The van der Waals surface area contributed by atoms with Gasteiger partial charge in [0.1, 0.15) is 5.82 Å². The summed E-state index contributed by atoms with van der Waals surface area (Å²) in [5.41, 5.74) is 5.64. The fraction of sp³-hybridized carbons (Fsp3) is 0.438. The highest BCUT2D eigenvalue weighted by Crippen LogP contribution is 2.29. The van der Waals surface area contributed by atoms with Crippen molar-refractivity contribution < 1.29 is 48.7 Å². The van der Waals surface area contributed by atoms with Crippen molar-refractivity contribution in [2.45, 2.75) is 38.1 Å². The van der Waals surface area contributed by atoms with Crippen LogP contribution in [-0.4, -0.2) is 55.7 Å². The fourth-order valence-electron chi connectivity index (χ4n) is 3.01. The number of benzene rings is 1. The number of carbonyl (C=O) groups is 1. The highest BCUT2D eigenvalue weighted by atomic mass is 32.3. The number of alkyl halides is 3. The molecular weight excluding hydrogens is 488 g/mol. The van der Waals surface area contributed by atoms with Gasteiger partial charge >= 0.3 is 16.6 Å². The number of fused-ring (bicyclic) bond motifs is 1. The molecule has 17 heteroatoms. The van der Waals surface area contributed by atoms with E-state index < -0.39 is 51.8 Å². The first kappa shape index (κ1) is 26.5. The van der Waals surface area contributed by atoms with E-state index >= 15 is 0 Å². The van der Waals surface area contributed by atoms with E-state index in [0.717, 1.165) is 4.57 Å². The van der Waals surface area contributed by atoms with E-state index in [1.807, 2.05) is 0 Å². The van der Waals surface area contributed by atoms with Crippen molar-refractivity contribution >= 4 is 16.3 Å². The summed E-state index contributed by atoms with van der Waals surface area (Å²) in [5, 5.41) is 6.60. The zero-order chi connectivity index (χ0) is 25.1. The Kier molecular flexibility index (Phi) is 8.04. The Labute approximate surface area is 182 Å². The predicted molar refractivity (Wildman–Crippen MR) is 97.2 cm³/mol. The molecule has 184 valence electrons. The van der Waals surface area contributed by atoms with E-state index in [9.17, 15) is 31.1 Å². The van der Waals surface area contributed by atoms with Gasteiger partial charge < -0.3 is 15.2 Å². The summed E-state index contributed by atoms with van der Waals surface area (Å²) in [7, 11) is -4.67. The van der Waals surface area contributed by atoms with Gasteiger partial charge in [0.15, 0.2) is 17.5 Å². The highest BCUT2D eigenvalue weighted by Gasteiger charge is 2.40. The molecule has 10 nitrogen and oxygen atoms in total. The lowest BCUT2D eigenvalue weighted by Gasteiger charge is -2.29. The molecule has 0 saturated carbocycles. The minimum atomic E-state index is -4.67. The smallest absolute Gasteiger partial charge is 0.333 e. The van der Waals surface area contributed by atoms with Gasteiger partial charge in [0.2, 0.25) is 11.7 Å². The predicted octanol–water partition coefficient (Wildman–Crippen LogP) is 1.36. The molecule has 1 aliphatic heterocycles. The van der Waals surface area contributed by atoms with Crippen LogP contribution in [0.5, 0.6) is 0 Å². The fourth-order valence-corrected chi connectivity index (χ4v) is 3.01. The largest absolute Gasteiger partial charge is 0.451 e. The van der Waals surface area contributed by atoms with Gasteiger partial charge in [-0.3, -0.25) is 13.9 Å². The average Bonchev–Trinajstić information content (AvgIpc) is 3.08. The van der Waals surface area contributed by atoms with Crippen LogP contribution in [0.4, 0.5) is 26.3 Å². The molecule has 4 N–H and O–H groups in total. The third-order valence-corrected chi connectivity index (χ3v) is 4.37. The molecule has 0 spiro atoms. The van der Waals surface area contributed by atoms with Gasteiger partial charge in [-0.05, 0) is 18.1 Å². The zero-order valence-corrected chi connectivity index (χ0v) is 17.2. The summed E-state index contributed by atoms with van der Waals surface area (Å²) in [4.78, 5) is 13.6. The van der Waals surface area contributed by atoms with Crippen molar-refractivity contribution in [1.82, 2.24) is 19.7 Å². The molecule has 1 aliphatic rings. The number of rotatable bonds is 4. The molecule has 2 heterocycles. The van der Waals surface area contributed by atoms with E-state index in [1.165, 1.54) is 4.90 Å². The SMILES string of the molecule is N[C@@H](CC(=O)N1CCn2c(nnc2C(F)(F)F)C1)Cc1cc(F)c(F)cc1F.O=S(=O)(O)O. The molecule has 0 bridgehead atoms. The second-order valence-corrected chi connectivity index (χ2v) is 7.77. The molecule has 3 rings (SSSR count). The molecule has 0 radical (unpaired) electrons. The molecular formula is C16H17F6N5O5S. The van der Waals surface area contributed by atoms with Gasteiger partial charge in [0, 0.05) is 31.6 Å². The first-order chi connectivity index (χ1) is 15.1. The van der Waals surface area contributed by atoms with Crippen LogP contribution in [0.3, 0.4) is 0 Å². The quantitative estimate of drug-likeness (QED) is 0.320. The lowest BCUT2D eigenvalue weighted by atomic mass is 10.0. The van der Waals surface area contributed by atoms with Crippen LogP contribution in [0.15, 0.2) is 12.1 Å². The molecule has 33 heavy (non-hydrogen) atoms. The van der Waals surface area contributed by atoms with Gasteiger partial charge in [-0.2, -0.15) is 21.6 Å². The number of nitrogens with zero attached hydrogens (tertiary/aromatic N) is 4. The highest BCUT2D eigenvalue weighted by molar-refractivity contribution is 7.79. The maximum absolute atomic E-state index is 13.7. The van der Waals surface area contributed by atoms with Crippen molar-refractivity contribution in [2.75, 3.05) is 6.54 Å². The molecule has 2 aromatic rings. The van der Waals surface area contributed by atoms with Crippen molar-refractivity contribution in [2.24, 2.45) is 5.73 Å². The molecule has 1 aromatic carbocycles. The van der Waals surface area contributed by atoms with Crippen LogP contribution in [-0.2, 0) is 40.9 Å². The van der Waals surface area contributed by atoms with Gasteiger partial charge in [-0.15, -0.1) is 10.2 Å². The number of halogens is 6. The Morgan fingerprint density at radius 3 is 2.24 bits per heavy atom. The lowest BCUT2D eigenvalue weighted by Crippen LogP contribution is -2.42. The van der Waals surface area contributed by atoms with Crippen LogP contribution in [0.1, 0.15) is 23.6 Å². The number of carbonyl (C=O) groups excluding carboxylic acids is 1. The Hall–Kier alpha value is -2.76. The summed E-state index contributed by atoms with van der Waals surface area (Å²) in [5.74, 6) is -5.15. The Morgan fingerprint density at radius 1 is 1.09 bits per heavy atom. The molecule has 1 aromatic heterocycles. The monoisotopic (exact) mass is 505 g/mol. The Bertz CT molecular complexity index is 1120. The number of amides is 1. The summed E-state index contributed by atoms with van der Waals surface area (Å²) in [6.45, 7) is -0.302. The van der Waals surface area contributed by atoms with Crippen LogP contribution >= 0.6 is 0 Å². The Balaban J connectivity index is 0.000000696. The third-order valence-electron chi connectivity index (χ3n) is 4.37. The maximum atomic E-state index is 13.7. The summed E-state index contributed by atoms with van der Waals surface area (Å²) in [6.07, 6.45) is -5.11. The first-order valence-electron chi connectivity index (χ1n) is 8.92. The van der Waals surface area contributed by atoms with Crippen LogP contribution in [0.2, 0.25) is 0 Å². The van der Waals surface area contributed by atoms with E-state index in [4.69, 9.17) is 23.3 Å². The number of hydrogen-bond donors (Lipinski definition) is 3. The van der Waals surface area contributed by atoms with E-state index in [-0.39, 0.29) is 43.9 Å². The minimum absolute atomic E-state index is 0.000783. The molecule has 1 amide bonds. The standard InChI is InChI=1S/C16H15F6N5O.H2O4S/c17-10-6-12(19)11(18)4-8(10)3-9(23)5-14(28)26-1-2-27-13(7-26)24-25-15(27)16(20,21)22;1-5(2,3)4/h4,6,9H,1-3,5,7,23H2;(H2,1,2,3,4)/t9-;/m1./s1. The third kappa shape index (κ3) is 7.65. The topological polar surface area (TPSA) is 152 Å². The second-order valence-electron chi connectivity index (χ2n) is 6.88. The first-order valence-corrected chi connectivity index (χ1v) is 10.3. The minimum Gasteiger partial charge on any atom is -0.333 e. The normalized spacial score (nSPS) is 14.9. The summed E-state index contributed by atoms with van der Waals surface area (Å²) in [6, 6.07) is 0.184. The van der Waals surface area contributed by atoms with Gasteiger partial charge in [0.25, 0.3) is 0 Å². The van der Waals surface area contributed by atoms with E-state index in [1.54, 1.807) is 0 Å². The second kappa shape index (κ2) is 10.0. The molecule has 0 aliphatic carbocycles. The molecule has 0 fully saturated rings. The van der Waals surface area contributed by atoms with Crippen molar-refractivity contribution in [3.05, 3.63) is 46.8 Å². The maximum Gasteiger partial charge on any atom is 0.451 e. The van der Waals surface area contributed by atoms with Crippen molar-refractivity contribution in [1.29, 1.82) is 0 Å². The van der Waals surface area contributed by atoms with Crippen LogP contribution < -0.4 is 5.73 Å². The van der Waals surface area contributed by atoms with Gasteiger partial charge in [-0.1, -0.05) is 0 Å². The van der Waals surface area contributed by atoms with Gasteiger partial charge in [-0.25, -0.2) is 13.2 Å².